The summed E-state index contributed by atoms with van der Waals surface area (Å²) < 4.78 is 12.4. The predicted octanol–water partition coefficient (Wildman–Crippen LogP) is 4.67. The Kier molecular flexibility index (Phi) is 7.46. The van der Waals surface area contributed by atoms with E-state index in [-0.39, 0.29) is 11.7 Å². The first kappa shape index (κ1) is 24.9. The lowest BCUT2D eigenvalue weighted by Gasteiger charge is -2.24. The summed E-state index contributed by atoms with van der Waals surface area (Å²) >= 11 is 0. The molecule has 0 saturated carbocycles. The molecule has 0 aliphatic carbocycles. The summed E-state index contributed by atoms with van der Waals surface area (Å²) in [5, 5.41) is 3.84. The molecule has 37 heavy (non-hydrogen) atoms. The van der Waals surface area contributed by atoms with Crippen molar-refractivity contribution < 1.29 is 9.26 Å². The quantitative estimate of drug-likeness (QED) is 0.377. The molecule has 0 radical (unpaired) electrons. The van der Waals surface area contributed by atoms with Gasteiger partial charge in [0, 0.05) is 24.2 Å². The number of nitrogens with one attached hydrogen (secondary N) is 1. The Morgan fingerprint density at radius 3 is 2.51 bits per heavy atom. The van der Waals surface area contributed by atoms with E-state index in [0.29, 0.717) is 18.8 Å². The van der Waals surface area contributed by atoms with Crippen LogP contribution < -0.4 is 11.3 Å². The molecule has 1 saturated heterocycles. The maximum absolute atomic E-state index is 13.7. The summed E-state index contributed by atoms with van der Waals surface area (Å²) in [4.78, 5) is 32.6. The van der Waals surface area contributed by atoms with Gasteiger partial charge < -0.3 is 4.74 Å². The smallest absolute Gasteiger partial charge is 0.376 e. The molecular formula is C29H32N4O4. The van der Waals surface area contributed by atoms with E-state index in [1.807, 2.05) is 55.5 Å². The van der Waals surface area contributed by atoms with Gasteiger partial charge in [0.05, 0.1) is 18.3 Å². The molecule has 0 amide bonds. The van der Waals surface area contributed by atoms with Crippen molar-refractivity contribution in [1.82, 2.24) is 19.7 Å². The lowest BCUT2D eigenvalue weighted by molar-refractivity contribution is 0.00483. The Hall–Kier alpha value is -3.78. The van der Waals surface area contributed by atoms with E-state index >= 15 is 0 Å². The van der Waals surface area contributed by atoms with Crippen molar-refractivity contribution in [2.24, 2.45) is 0 Å². The molecule has 2 aromatic heterocycles. The van der Waals surface area contributed by atoms with Gasteiger partial charge in [0.2, 0.25) is 0 Å². The molecule has 8 nitrogen and oxygen atoms in total. The first-order valence-corrected chi connectivity index (χ1v) is 13.0. The van der Waals surface area contributed by atoms with Crippen molar-refractivity contribution in [2.45, 2.75) is 65.0 Å². The molecule has 2 aromatic carbocycles. The van der Waals surface area contributed by atoms with Crippen molar-refractivity contribution >= 4 is 0 Å². The molecule has 192 valence electrons. The number of hydrogen-bond donors (Lipinski definition) is 1. The van der Waals surface area contributed by atoms with E-state index in [4.69, 9.17) is 14.2 Å². The highest BCUT2D eigenvalue weighted by atomic mass is 16.5. The van der Waals surface area contributed by atoms with E-state index in [2.05, 4.69) is 17.1 Å². The van der Waals surface area contributed by atoms with Gasteiger partial charge in [0.1, 0.15) is 5.82 Å². The Bertz CT molecular complexity index is 1480. The van der Waals surface area contributed by atoms with Gasteiger partial charge >= 0.3 is 5.76 Å². The SMILES string of the molecule is CCCc1nc(C)n(CC2CCCCO2)c(=O)c1Cc1ccc(-c2ccccc2-c2noc(=O)[nH]2)cc1. The molecule has 1 atom stereocenters. The molecule has 1 aliphatic heterocycles. The standard InChI is InChI=1S/C29H32N4O4/c1-3-8-26-25(28(34)33(19(2)30-26)18-22-9-6-7-16-36-22)17-20-12-14-21(15-13-20)23-10-4-5-11-24(23)27-31-29(35)37-32-27/h4-5,10-15,22H,3,6-9,16-18H2,1-2H3,(H,31,32,35). The van der Waals surface area contributed by atoms with Crippen LogP contribution in [-0.4, -0.2) is 32.4 Å². The molecule has 3 heterocycles. The van der Waals surface area contributed by atoms with Crippen LogP contribution in [0.25, 0.3) is 22.5 Å². The molecule has 4 aromatic rings. The summed E-state index contributed by atoms with van der Waals surface area (Å²) in [6.45, 7) is 5.34. The van der Waals surface area contributed by atoms with Gasteiger partial charge in [-0.1, -0.05) is 67.0 Å². The highest BCUT2D eigenvalue weighted by molar-refractivity contribution is 5.80. The van der Waals surface area contributed by atoms with Crippen molar-refractivity contribution in [3.8, 4) is 22.5 Å². The minimum atomic E-state index is -0.588. The minimum absolute atomic E-state index is 0.0366. The van der Waals surface area contributed by atoms with Crippen LogP contribution in [0.1, 0.15) is 55.3 Å². The van der Waals surface area contributed by atoms with Crippen LogP contribution in [0.15, 0.2) is 62.6 Å². The van der Waals surface area contributed by atoms with Gasteiger partial charge in [-0.3, -0.25) is 18.9 Å². The van der Waals surface area contributed by atoms with E-state index in [1.165, 1.54) is 0 Å². The molecular weight excluding hydrogens is 468 g/mol. The van der Waals surface area contributed by atoms with Gasteiger partial charge in [-0.05, 0) is 49.3 Å². The zero-order chi connectivity index (χ0) is 25.8. The largest absolute Gasteiger partial charge is 0.439 e. The van der Waals surface area contributed by atoms with E-state index < -0.39 is 5.76 Å². The monoisotopic (exact) mass is 500 g/mol. The fourth-order valence-electron chi connectivity index (χ4n) is 5.04. The maximum atomic E-state index is 13.7. The molecule has 8 heteroatoms. The third-order valence-corrected chi connectivity index (χ3v) is 6.95. The number of nitrogens with zero attached hydrogens (tertiary/aromatic N) is 3. The topological polar surface area (TPSA) is 103 Å². The number of ether oxygens (including phenoxy) is 1. The number of aromatic amines is 1. The summed E-state index contributed by atoms with van der Waals surface area (Å²) in [6, 6.07) is 15.9. The molecule has 1 unspecified atom stereocenters. The number of aryl methyl sites for hydroxylation is 2. The number of benzene rings is 2. The van der Waals surface area contributed by atoms with Crippen LogP contribution in [0.2, 0.25) is 0 Å². The van der Waals surface area contributed by atoms with Crippen molar-refractivity contribution in [2.75, 3.05) is 6.61 Å². The first-order valence-electron chi connectivity index (χ1n) is 13.0. The van der Waals surface area contributed by atoms with Crippen molar-refractivity contribution in [1.29, 1.82) is 0 Å². The highest BCUT2D eigenvalue weighted by Crippen LogP contribution is 2.30. The molecule has 1 aliphatic rings. The van der Waals surface area contributed by atoms with Gasteiger partial charge in [0.25, 0.3) is 5.56 Å². The van der Waals surface area contributed by atoms with Crippen LogP contribution in [0, 0.1) is 6.92 Å². The van der Waals surface area contributed by atoms with Crippen LogP contribution in [0.4, 0.5) is 0 Å². The Labute approximate surface area is 215 Å². The fourth-order valence-corrected chi connectivity index (χ4v) is 5.04. The zero-order valence-electron chi connectivity index (χ0n) is 21.3. The molecule has 5 rings (SSSR count). The second-order valence-electron chi connectivity index (χ2n) is 9.60. The predicted molar refractivity (Wildman–Crippen MR) is 142 cm³/mol. The molecule has 1 N–H and O–H groups in total. The number of hydrogen-bond acceptors (Lipinski definition) is 6. The van der Waals surface area contributed by atoms with E-state index in [0.717, 1.165) is 78.0 Å². The summed E-state index contributed by atoms with van der Waals surface area (Å²) in [5.41, 5.74) is 5.41. The fraction of sp³-hybridized carbons (Fsp3) is 0.379. The van der Waals surface area contributed by atoms with Crippen LogP contribution in [0.5, 0.6) is 0 Å². The maximum Gasteiger partial charge on any atom is 0.439 e. The van der Waals surface area contributed by atoms with E-state index in [1.54, 1.807) is 4.57 Å². The normalized spacial score (nSPS) is 15.7. The second kappa shape index (κ2) is 11.1. The van der Waals surface area contributed by atoms with Crippen LogP contribution >= 0.6 is 0 Å². The van der Waals surface area contributed by atoms with Crippen molar-refractivity contribution in [3.63, 3.8) is 0 Å². The summed E-state index contributed by atoms with van der Waals surface area (Å²) in [5.74, 6) is 0.557. The van der Waals surface area contributed by atoms with Crippen LogP contribution in [-0.2, 0) is 24.1 Å². The third-order valence-electron chi connectivity index (χ3n) is 6.95. The molecule has 0 bridgehead atoms. The second-order valence-corrected chi connectivity index (χ2v) is 9.60. The average molecular weight is 501 g/mol. The molecule has 1 fully saturated rings. The summed E-state index contributed by atoms with van der Waals surface area (Å²) in [7, 11) is 0. The molecule has 0 spiro atoms. The Morgan fingerprint density at radius 2 is 1.84 bits per heavy atom. The van der Waals surface area contributed by atoms with Gasteiger partial charge in [0.15, 0.2) is 5.82 Å². The first-order chi connectivity index (χ1) is 18.0. The third kappa shape index (κ3) is 5.49. The lowest BCUT2D eigenvalue weighted by Crippen LogP contribution is -2.35. The zero-order valence-corrected chi connectivity index (χ0v) is 21.3. The van der Waals surface area contributed by atoms with Crippen LogP contribution in [0.3, 0.4) is 0 Å². The van der Waals surface area contributed by atoms with E-state index in [9.17, 15) is 9.59 Å². The van der Waals surface area contributed by atoms with Gasteiger partial charge in [-0.15, -0.1) is 0 Å². The summed E-state index contributed by atoms with van der Waals surface area (Å²) in [6.07, 6.45) is 5.47. The lowest BCUT2D eigenvalue weighted by atomic mass is 9.96. The Morgan fingerprint density at radius 1 is 1.05 bits per heavy atom. The number of aromatic nitrogens is 4. The van der Waals surface area contributed by atoms with Crippen molar-refractivity contribution in [3.05, 3.63) is 92.1 Å². The van der Waals surface area contributed by atoms with Gasteiger partial charge in [-0.25, -0.2) is 9.78 Å². The average Bonchev–Trinajstić information content (AvgIpc) is 3.36. The number of rotatable bonds is 8. The highest BCUT2D eigenvalue weighted by Gasteiger charge is 2.20. The Balaban J connectivity index is 1.44. The minimum Gasteiger partial charge on any atom is -0.376 e. The van der Waals surface area contributed by atoms with Gasteiger partial charge in [-0.2, -0.15) is 0 Å². The number of H-pyrrole nitrogens is 1.